The van der Waals surface area contributed by atoms with Gasteiger partial charge in [0.2, 0.25) is 0 Å². The van der Waals surface area contributed by atoms with Crippen LogP contribution in [0.4, 0.5) is 0 Å². The van der Waals surface area contributed by atoms with Crippen molar-refractivity contribution in [3.05, 3.63) is 107 Å². The molecule has 2 aliphatic carbocycles. The third-order valence-electron chi connectivity index (χ3n) is 10.9. The molecular weight excluding hydrogens is 544 g/mol. The molecule has 4 heteroatoms. The lowest BCUT2D eigenvalue weighted by Crippen LogP contribution is -2.43. The Bertz CT molecular complexity index is 1280. The van der Waals surface area contributed by atoms with Gasteiger partial charge in [-0.2, -0.15) is 0 Å². The smallest absolute Gasteiger partial charge is 0.338 e. The first kappa shape index (κ1) is 32.0. The van der Waals surface area contributed by atoms with Crippen molar-refractivity contribution in [2.45, 2.75) is 103 Å². The second kappa shape index (κ2) is 13.3. The Hall–Kier alpha value is -3.40. The number of hydrogen-bond donors (Lipinski definition) is 0. The molecule has 0 radical (unpaired) electrons. The van der Waals surface area contributed by atoms with E-state index in [2.05, 4.69) is 90.1 Å². The molecule has 5 rings (SSSR count). The van der Waals surface area contributed by atoms with Crippen LogP contribution in [-0.4, -0.2) is 24.1 Å². The number of esters is 2. The second-order valence-corrected chi connectivity index (χ2v) is 14.7. The second-order valence-electron chi connectivity index (χ2n) is 14.7. The molecule has 2 aliphatic rings. The first-order valence-corrected chi connectivity index (χ1v) is 16.6. The summed E-state index contributed by atoms with van der Waals surface area (Å²) in [5.41, 5.74) is 3.22. The van der Waals surface area contributed by atoms with Gasteiger partial charge in [-0.05, 0) is 83.7 Å². The minimum atomic E-state index is -0.330. The van der Waals surface area contributed by atoms with Crippen LogP contribution in [0.25, 0.3) is 0 Å². The summed E-state index contributed by atoms with van der Waals surface area (Å²) in [6.07, 6.45) is 5.70. The average molecular weight is 595 g/mol. The number of hydrogen-bond acceptors (Lipinski definition) is 4. The minimum absolute atomic E-state index is 0.122. The molecule has 2 fully saturated rings. The summed E-state index contributed by atoms with van der Waals surface area (Å²) in [5.74, 6) is 0.805. The highest BCUT2D eigenvalue weighted by molar-refractivity contribution is 5.93. The molecule has 0 spiro atoms. The van der Waals surface area contributed by atoms with E-state index in [4.69, 9.17) is 9.47 Å². The highest BCUT2D eigenvalue weighted by Crippen LogP contribution is 2.45. The maximum absolute atomic E-state index is 13.4. The molecule has 0 aliphatic heterocycles. The van der Waals surface area contributed by atoms with Gasteiger partial charge in [0.25, 0.3) is 0 Å². The molecule has 0 N–H and O–H groups in total. The van der Waals surface area contributed by atoms with Crippen molar-refractivity contribution >= 4 is 11.9 Å². The van der Waals surface area contributed by atoms with Crippen LogP contribution in [0.1, 0.15) is 112 Å². The number of carbonyl (C=O) groups excluding carboxylic acids is 2. The summed E-state index contributed by atoms with van der Waals surface area (Å²) in [4.78, 5) is 26.8. The molecule has 3 aromatic carbocycles. The predicted molar refractivity (Wildman–Crippen MR) is 177 cm³/mol. The molecule has 6 atom stereocenters. The molecule has 0 heterocycles. The molecule has 44 heavy (non-hydrogen) atoms. The lowest BCUT2D eigenvalue weighted by molar-refractivity contribution is -0.0248. The zero-order valence-corrected chi connectivity index (χ0v) is 27.4. The highest BCUT2D eigenvalue weighted by Gasteiger charge is 2.43. The van der Waals surface area contributed by atoms with Gasteiger partial charge in [-0.15, -0.1) is 0 Å². The molecule has 234 valence electrons. The van der Waals surface area contributed by atoms with E-state index < -0.39 is 0 Å². The van der Waals surface area contributed by atoms with Gasteiger partial charge in [-0.1, -0.05) is 115 Å². The van der Waals surface area contributed by atoms with Crippen LogP contribution in [0.5, 0.6) is 0 Å². The van der Waals surface area contributed by atoms with Gasteiger partial charge in [-0.3, -0.25) is 0 Å². The quantitative estimate of drug-likeness (QED) is 0.244. The third kappa shape index (κ3) is 6.95. The van der Waals surface area contributed by atoms with Crippen molar-refractivity contribution in [1.82, 2.24) is 0 Å². The van der Waals surface area contributed by atoms with Gasteiger partial charge < -0.3 is 9.47 Å². The van der Waals surface area contributed by atoms with E-state index >= 15 is 0 Å². The molecule has 2 saturated carbocycles. The SMILES string of the molecule is C[C@@H]1CC[C@@H](C(C)(C)c2ccccc2)[C@H](OC(=O)c2ccc(C(=O)O[C@@H]3C[C@H](C)CC[C@H]3C(C)(C)c3ccccc3)cc2)C1. The molecule has 4 nitrogen and oxygen atoms in total. The van der Waals surface area contributed by atoms with Crippen LogP contribution in [0.15, 0.2) is 84.9 Å². The van der Waals surface area contributed by atoms with Gasteiger partial charge in [0.1, 0.15) is 12.2 Å². The monoisotopic (exact) mass is 594 g/mol. The fourth-order valence-electron chi connectivity index (χ4n) is 7.89. The zero-order chi connectivity index (χ0) is 31.5. The van der Waals surface area contributed by atoms with Crippen molar-refractivity contribution in [2.75, 3.05) is 0 Å². The Morgan fingerprint density at radius 3 is 1.23 bits per heavy atom. The van der Waals surface area contributed by atoms with E-state index in [1.807, 2.05) is 12.1 Å². The standard InChI is InChI=1S/C40H50O4/c1-27-17-23-33(39(3,4)31-13-9-7-10-14-31)35(25-27)43-37(41)29-19-21-30(22-20-29)38(42)44-36-26-28(2)18-24-34(36)40(5,6)32-15-11-8-12-16-32/h7-16,19-22,27-28,33-36H,17-18,23-26H2,1-6H3/t27-,28-,33-,34-,35-,36-/m1/s1. The lowest BCUT2D eigenvalue weighted by Gasteiger charge is -2.44. The average Bonchev–Trinajstić information content (AvgIpc) is 3.02. The summed E-state index contributed by atoms with van der Waals surface area (Å²) in [6, 6.07) is 27.9. The summed E-state index contributed by atoms with van der Waals surface area (Å²) in [7, 11) is 0. The highest BCUT2D eigenvalue weighted by atomic mass is 16.5. The summed E-state index contributed by atoms with van der Waals surface area (Å²) in [6.45, 7) is 13.6. The Morgan fingerprint density at radius 2 is 0.886 bits per heavy atom. The van der Waals surface area contributed by atoms with Gasteiger partial charge in [0, 0.05) is 11.8 Å². The fourth-order valence-corrected chi connectivity index (χ4v) is 7.89. The van der Waals surface area contributed by atoms with E-state index in [-0.39, 0.29) is 46.8 Å². The van der Waals surface area contributed by atoms with Crippen molar-refractivity contribution in [3.8, 4) is 0 Å². The van der Waals surface area contributed by atoms with Gasteiger partial charge in [0.05, 0.1) is 11.1 Å². The fraction of sp³-hybridized carbons (Fsp3) is 0.500. The van der Waals surface area contributed by atoms with Crippen LogP contribution in [0.3, 0.4) is 0 Å². The van der Waals surface area contributed by atoms with Crippen LogP contribution in [-0.2, 0) is 20.3 Å². The van der Waals surface area contributed by atoms with E-state index in [0.29, 0.717) is 23.0 Å². The van der Waals surface area contributed by atoms with Gasteiger partial charge in [0.15, 0.2) is 0 Å². The number of rotatable bonds is 8. The third-order valence-corrected chi connectivity index (χ3v) is 10.9. The van der Waals surface area contributed by atoms with Crippen molar-refractivity contribution in [3.63, 3.8) is 0 Å². The first-order chi connectivity index (χ1) is 21.0. The van der Waals surface area contributed by atoms with E-state index in [9.17, 15) is 9.59 Å². The Labute approximate surface area is 264 Å². The molecule has 0 unspecified atom stereocenters. The molecule has 0 saturated heterocycles. The number of ether oxygens (including phenoxy) is 2. The van der Waals surface area contributed by atoms with Gasteiger partial charge in [-0.25, -0.2) is 9.59 Å². The largest absolute Gasteiger partial charge is 0.458 e. The molecule has 3 aromatic rings. The summed E-state index contributed by atoms with van der Waals surface area (Å²) < 4.78 is 12.5. The van der Waals surface area contributed by atoms with Crippen molar-refractivity contribution in [2.24, 2.45) is 23.7 Å². The van der Waals surface area contributed by atoms with Crippen LogP contribution < -0.4 is 0 Å². The maximum atomic E-state index is 13.4. The number of carbonyl (C=O) groups is 2. The Balaban J connectivity index is 1.27. The van der Waals surface area contributed by atoms with Crippen LogP contribution >= 0.6 is 0 Å². The van der Waals surface area contributed by atoms with Gasteiger partial charge >= 0.3 is 11.9 Å². The van der Waals surface area contributed by atoms with E-state index in [0.717, 1.165) is 38.5 Å². The van der Waals surface area contributed by atoms with E-state index in [1.165, 1.54) is 11.1 Å². The Morgan fingerprint density at radius 1 is 0.545 bits per heavy atom. The van der Waals surface area contributed by atoms with Crippen LogP contribution in [0, 0.1) is 23.7 Å². The minimum Gasteiger partial charge on any atom is -0.458 e. The molecule has 0 aromatic heterocycles. The maximum Gasteiger partial charge on any atom is 0.338 e. The summed E-state index contributed by atoms with van der Waals surface area (Å²) in [5, 5.41) is 0. The predicted octanol–water partition coefficient (Wildman–Crippen LogP) is 9.57. The first-order valence-electron chi connectivity index (χ1n) is 16.6. The lowest BCUT2D eigenvalue weighted by atomic mass is 9.64. The normalized spacial score (nSPS) is 26.0. The van der Waals surface area contributed by atoms with E-state index in [1.54, 1.807) is 24.3 Å². The zero-order valence-electron chi connectivity index (χ0n) is 27.4. The Kier molecular flexibility index (Phi) is 9.68. The number of benzene rings is 3. The molecular formula is C40H50O4. The molecule has 0 amide bonds. The van der Waals surface area contributed by atoms with Crippen LogP contribution in [0.2, 0.25) is 0 Å². The van der Waals surface area contributed by atoms with Crippen molar-refractivity contribution < 1.29 is 19.1 Å². The molecule has 0 bridgehead atoms. The van der Waals surface area contributed by atoms with Crippen molar-refractivity contribution in [1.29, 1.82) is 0 Å². The topological polar surface area (TPSA) is 52.6 Å². The summed E-state index contributed by atoms with van der Waals surface area (Å²) >= 11 is 0.